The zero-order valence-corrected chi connectivity index (χ0v) is 10.1. The van der Waals surface area contributed by atoms with E-state index in [1.54, 1.807) is 13.0 Å². The normalized spacial score (nSPS) is 12.7. The smallest absolute Gasteiger partial charge is 0.141 e. The molecule has 0 aliphatic rings. The summed E-state index contributed by atoms with van der Waals surface area (Å²) in [6.45, 7) is 1.56. The van der Waals surface area contributed by atoms with Gasteiger partial charge in [0.2, 0.25) is 0 Å². The first-order valence-electron chi connectivity index (χ1n) is 4.43. The standard InChI is InChI=1S/C10H13BrFNO2/c1-5-3-6(11)10(15-2)8(9(5)12)7(14)4-13/h3,7,14H,4,13H2,1-2H3. The second-order valence-electron chi connectivity index (χ2n) is 3.19. The lowest BCUT2D eigenvalue weighted by atomic mass is 10.0. The molecule has 1 atom stereocenters. The molecule has 3 nitrogen and oxygen atoms in total. The molecular formula is C10H13BrFNO2. The summed E-state index contributed by atoms with van der Waals surface area (Å²) in [4.78, 5) is 0. The molecule has 0 saturated heterocycles. The number of hydrogen-bond donors (Lipinski definition) is 2. The Labute approximate surface area is 96.2 Å². The maximum atomic E-state index is 13.8. The lowest BCUT2D eigenvalue weighted by Crippen LogP contribution is -2.15. The van der Waals surface area contributed by atoms with E-state index < -0.39 is 11.9 Å². The van der Waals surface area contributed by atoms with Crippen LogP contribution in [0.15, 0.2) is 10.5 Å². The first kappa shape index (κ1) is 12.4. The van der Waals surface area contributed by atoms with E-state index in [1.807, 2.05) is 0 Å². The maximum Gasteiger partial charge on any atom is 0.141 e. The van der Waals surface area contributed by atoms with Gasteiger partial charge in [-0.05, 0) is 34.5 Å². The Hall–Kier alpha value is -0.650. The Morgan fingerprint density at radius 3 is 2.73 bits per heavy atom. The molecule has 0 amide bonds. The molecule has 0 fully saturated rings. The molecule has 0 spiro atoms. The molecule has 0 aliphatic heterocycles. The number of aliphatic hydroxyl groups excluding tert-OH is 1. The van der Waals surface area contributed by atoms with E-state index in [4.69, 9.17) is 10.5 Å². The molecule has 0 aliphatic carbocycles. The molecule has 0 saturated carbocycles. The highest BCUT2D eigenvalue weighted by atomic mass is 79.9. The third kappa shape index (κ3) is 2.30. The number of halogens is 2. The Balaban J connectivity index is 3.43. The molecule has 0 aromatic heterocycles. The highest BCUT2D eigenvalue weighted by Crippen LogP contribution is 2.36. The Morgan fingerprint density at radius 2 is 2.27 bits per heavy atom. The summed E-state index contributed by atoms with van der Waals surface area (Å²) in [5.74, 6) is -0.191. The molecule has 1 rings (SSSR count). The van der Waals surface area contributed by atoms with E-state index >= 15 is 0 Å². The van der Waals surface area contributed by atoms with Crippen molar-refractivity contribution in [2.24, 2.45) is 5.73 Å². The van der Waals surface area contributed by atoms with Gasteiger partial charge in [0.15, 0.2) is 0 Å². The van der Waals surface area contributed by atoms with E-state index in [2.05, 4.69) is 15.9 Å². The first-order chi connectivity index (χ1) is 7.02. The average Bonchev–Trinajstić information content (AvgIpc) is 2.21. The van der Waals surface area contributed by atoms with Gasteiger partial charge in [0.05, 0.1) is 23.2 Å². The summed E-state index contributed by atoms with van der Waals surface area (Å²) in [7, 11) is 1.42. The molecule has 0 bridgehead atoms. The van der Waals surface area contributed by atoms with Crippen LogP contribution in [0.4, 0.5) is 4.39 Å². The molecule has 3 N–H and O–H groups in total. The Kier molecular flexibility index (Phi) is 4.07. The summed E-state index contributed by atoms with van der Waals surface area (Å²) in [5, 5.41) is 9.61. The number of nitrogens with two attached hydrogens (primary N) is 1. The fourth-order valence-electron chi connectivity index (χ4n) is 1.38. The predicted octanol–water partition coefficient (Wildman–Crippen LogP) is 1.90. The van der Waals surface area contributed by atoms with Crippen LogP contribution in [-0.4, -0.2) is 18.8 Å². The Bertz CT molecular complexity index is 371. The van der Waals surface area contributed by atoms with Crippen molar-refractivity contribution in [2.45, 2.75) is 13.0 Å². The third-order valence-corrected chi connectivity index (χ3v) is 2.74. The van der Waals surface area contributed by atoms with Gasteiger partial charge >= 0.3 is 0 Å². The van der Waals surface area contributed by atoms with Crippen LogP contribution in [0.1, 0.15) is 17.2 Å². The molecule has 15 heavy (non-hydrogen) atoms. The highest BCUT2D eigenvalue weighted by Gasteiger charge is 2.21. The van der Waals surface area contributed by atoms with Crippen molar-refractivity contribution in [3.05, 3.63) is 27.5 Å². The quantitative estimate of drug-likeness (QED) is 0.887. The number of aliphatic hydroxyl groups is 1. The van der Waals surface area contributed by atoms with Crippen LogP contribution in [0.25, 0.3) is 0 Å². The third-order valence-electron chi connectivity index (χ3n) is 2.15. The van der Waals surface area contributed by atoms with E-state index in [9.17, 15) is 9.50 Å². The number of ether oxygens (including phenoxy) is 1. The number of aryl methyl sites for hydroxylation is 1. The van der Waals surface area contributed by atoms with Gasteiger partial charge in [-0.2, -0.15) is 0 Å². The summed E-state index contributed by atoms with van der Waals surface area (Å²) in [6.07, 6.45) is -1.06. The lowest BCUT2D eigenvalue weighted by Gasteiger charge is -2.16. The zero-order valence-electron chi connectivity index (χ0n) is 8.55. The van der Waals surface area contributed by atoms with Crippen molar-refractivity contribution in [2.75, 3.05) is 13.7 Å². The summed E-state index contributed by atoms with van der Waals surface area (Å²) in [5.41, 5.74) is 5.85. The van der Waals surface area contributed by atoms with Crippen LogP contribution in [0.3, 0.4) is 0 Å². The Morgan fingerprint density at radius 1 is 1.67 bits per heavy atom. The molecule has 84 valence electrons. The molecule has 1 aromatic carbocycles. The van der Waals surface area contributed by atoms with E-state index in [0.717, 1.165) is 0 Å². The molecule has 1 aromatic rings. The van der Waals surface area contributed by atoms with Crippen LogP contribution in [-0.2, 0) is 0 Å². The van der Waals surface area contributed by atoms with Gasteiger partial charge in [0.1, 0.15) is 11.6 Å². The second-order valence-corrected chi connectivity index (χ2v) is 4.04. The van der Waals surface area contributed by atoms with Crippen molar-refractivity contribution >= 4 is 15.9 Å². The van der Waals surface area contributed by atoms with Crippen LogP contribution >= 0.6 is 15.9 Å². The van der Waals surface area contributed by atoms with Gasteiger partial charge in [0.25, 0.3) is 0 Å². The number of hydrogen-bond acceptors (Lipinski definition) is 3. The maximum absolute atomic E-state index is 13.8. The minimum atomic E-state index is -1.06. The van der Waals surface area contributed by atoms with E-state index in [1.165, 1.54) is 7.11 Å². The van der Waals surface area contributed by atoms with E-state index in [0.29, 0.717) is 10.0 Å². The van der Waals surface area contributed by atoms with Crippen LogP contribution in [0.2, 0.25) is 0 Å². The summed E-state index contributed by atoms with van der Waals surface area (Å²) < 4.78 is 19.4. The van der Waals surface area contributed by atoms with Gasteiger partial charge in [-0.3, -0.25) is 0 Å². The molecule has 0 heterocycles. The fourth-order valence-corrected chi connectivity index (χ4v) is 2.10. The van der Waals surface area contributed by atoms with Crippen molar-refractivity contribution in [1.29, 1.82) is 0 Å². The minimum absolute atomic E-state index is 0.0524. The van der Waals surface area contributed by atoms with Crippen molar-refractivity contribution in [1.82, 2.24) is 0 Å². The first-order valence-corrected chi connectivity index (χ1v) is 5.22. The fraction of sp³-hybridized carbons (Fsp3) is 0.400. The lowest BCUT2D eigenvalue weighted by molar-refractivity contribution is 0.176. The monoisotopic (exact) mass is 277 g/mol. The zero-order chi connectivity index (χ0) is 11.6. The van der Waals surface area contributed by atoms with Crippen LogP contribution < -0.4 is 10.5 Å². The van der Waals surface area contributed by atoms with Crippen molar-refractivity contribution < 1.29 is 14.2 Å². The molecule has 5 heteroatoms. The average molecular weight is 278 g/mol. The van der Waals surface area contributed by atoms with Crippen molar-refractivity contribution in [3.8, 4) is 5.75 Å². The highest BCUT2D eigenvalue weighted by molar-refractivity contribution is 9.10. The van der Waals surface area contributed by atoms with Crippen LogP contribution in [0, 0.1) is 12.7 Å². The van der Waals surface area contributed by atoms with Crippen LogP contribution in [0.5, 0.6) is 5.75 Å². The van der Waals surface area contributed by atoms with Gasteiger partial charge in [-0.1, -0.05) is 0 Å². The second kappa shape index (κ2) is 4.92. The SMILES string of the molecule is COc1c(Br)cc(C)c(F)c1C(O)CN. The summed E-state index contributed by atoms with van der Waals surface area (Å²) in [6, 6.07) is 1.60. The largest absolute Gasteiger partial charge is 0.495 e. The minimum Gasteiger partial charge on any atom is -0.495 e. The molecule has 1 unspecified atom stereocenters. The van der Waals surface area contributed by atoms with E-state index in [-0.39, 0.29) is 17.9 Å². The predicted molar refractivity (Wildman–Crippen MR) is 59.4 cm³/mol. The van der Waals surface area contributed by atoms with Gasteiger partial charge in [-0.15, -0.1) is 0 Å². The number of rotatable bonds is 3. The van der Waals surface area contributed by atoms with Gasteiger partial charge < -0.3 is 15.6 Å². The number of benzene rings is 1. The summed E-state index contributed by atoms with van der Waals surface area (Å²) >= 11 is 3.25. The topological polar surface area (TPSA) is 55.5 Å². The van der Waals surface area contributed by atoms with Gasteiger partial charge in [-0.25, -0.2) is 4.39 Å². The van der Waals surface area contributed by atoms with Gasteiger partial charge in [0, 0.05) is 6.54 Å². The molecular weight excluding hydrogens is 265 g/mol. The number of methoxy groups -OCH3 is 1. The molecule has 0 radical (unpaired) electrons. The van der Waals surface area contributed by atoms with Crippen molar-refractivity contribution in [3.63, 3.8) is 0 Å².